The molecule has 0 aromatic carbocycles. The summed E-state index contributed by atoms with van der Waals surface area (Å²) in [4.78, 5) is 8.84. The van der Waals surface area contributed by atoms with Crippen LogP contribution in [0.15, 0.2) is 6.20 Å². The number of aromatic nitrogens is 2. The van der Waals surface area contributed by atoms with E-state index in [0.29, 0.717) is 6.04 Å². The van der Waals surface area contributed by atoms with Gasteiger partial charge >= 0.3 is 0 Å². The number of nitrogens with one attached hydrogen (secondary N) is 1. The summed E-state index contributed by atoms with van der Waals surface area (Å²) >= 11 is 0. The van der Waals surface area contributed by atoms with Gasteiger partial charge in [0.25, 0.3) is 0 Å². The number of nitrogens with zero attached hydrogens (tertiary/aromatic N) is 2. The molecule has 1 atom stereocenters. The van der Waals surface area contributed by atoms with Crippen molar-refractivity contribution < 1.29 is 0 Å². The smallest absolute Gasteiger partial charge is 0.0634 e. The Kier molecular flexibility index (Phi) is 4.69. The maximum Gasteiger partial charge on any atom is 0.0634 e. The summed E-state index contributed by atoms with van der Waals surface area (Å²) in [6.45, 7) is 9.45. The standard InChI is InChI=1S/C12H21N3/c1-5-6-13-9(2)7-12-11(4)14-8-10(3)15-12/h8-9,13H,5-7H2,1-4H3. The second kappa shape index (κ2) is 5.81. The molecule has 0 aliphatic heterocycles. The van der Waals surface area contributed by atoms with Crippen LogP contribution in [0.3, 0.4) is 0 Å². The van der Waals surface area contributed by atoms with E-state index < -0.39 is 0 Å². The first-order valence-corrected chi connectivity index (χ1v) is 5.66. The molecule has 1 unspecified atom stereocenters. The predicted molar refractivity (Wildman–Crippen MR) is 63.0 cm³/mol. The highest BCUT2D eigenvalue weighted by Gasteiger charge is 2.07. The highest BCUT2D eigenvalue weighted by Crippen LogP contribution is 2.05. The summed E-state index contributed by atoms with van der Waals surface area (Å²) < 4.78 is 0. The van der Waals surface area contributed by atoms with Gasteiger partial charge in [-0.05, 0) is 33.7 Å². The van der Waals surface area contributed by atoms with Gasteiger partial charge in [0.1, 0.15) is 0 Å². The van der Waals surface area contributed by atoms with Crippen LogP contribution >= 0.6 is 0 Å². The van der Waals surface area contributed by atoms with Gasteiger partial charge in [-0.15, -0.1) is 0 Å². The molecule has 0 bridgehead atoms. The van der Waals surface area contributed by atoms with Crippen LogP contribution in [0.1, 0.15) is 37.4 Å². The minimum absolute atomic E-state index is 0.472. The monoisotopic (exact) mass is 207 g/mol. The zero-order valence-electron chi connectivity index (χ0n) is 10.2. The zero-order valence-corrected chi connectivity index (χ0v) is 10.2. The Morgan fingerprint density at radius 2 is 2.13 bits per heavy atom. The summed E-state index contributed by atoms with van der Waals surface area (Å²) in [5.74, 6) is 0. The van der Waals surface area contributed by atoms with Crippen molar-refractivity contribution in [2.75, 3.05) is 6.54 Å². The van der Waals surface area contributed by atoms with Crippen LogP contribution in [-0.2, 0) is 6.42 Å². The average molecular weight is 207 g/mol. The molecule has 0 fully saturated rings. The van der Waals surface area contributed by atoms with E-state index in [2.05, 4.69) is 29.1 Å². The van der Waals surface area contributed by atoms with Crippen LogP contribution in [0.5, 0.6) is 0 Å². The molecule has 0 amide bonds. The van der Waals surface area contributed by atoms with E-state index in [4.69, 9.17) is 0 Å². The molecule has 1 aromatic rings. The molecule has 15 heavy (non-hydrogen) atoms. The van der Waals surface area contributed by atoms with Crippen LogP contribution in [0.4, 0.5) is 0 Å². The van der Waals surface area contributed by atoms with Crippen LogP contribution in [0.2, 0.25) is 0 Å². The molecule has 1 aromatic heterocycles. The van der Waals surface area contributed by atoms with E-state index in [0.717, 1.165) is 30.0 Å². The minimum Gasteiger partial charge on any atom is -0.314 e. The van der Waals surface area contributed by atoms with Crippen molar-refractivity contribution in [2.24, 2.45) is 0 Å². The Hall–Kier alpha value is -0.960. The van der Waals surface area contributed by atoms with Crippen LogP contribution < -0.4 is 5.32 Å². The summed E-state index contributed by atoms with van der Waals surface area (Å²) in [7, 11) is 0. The molecular weight excluding hydrogens is 186 g/mol. The van der Waals surface area contributed by atoms with Crippen molar-refractivity contribution in [1.29, 1.82) is 0 Å². The van der Waals surface area contributed by atoms with Crippen molar-refractivity contribution in [3.05, 3.63) is 23.3 Å². The molecule has 1 N–H and O–H groups in total. The van der Waals surface area contributed by atoms with Gasteiger partial charge in [-0.1, -0.05) is 6.92 Å². The van der Waals surface area contributed by atoms with Crippen molar-refractivity contribution in [1.82, 2.24) is 15.3 Å². The predicted octanol–water partition coefficient (Wildman–Crippen LogP) is 2.02. The van der Waals surface area contributed by atoms with E-state index in [9.17, 15) is 0 Å². The Morgan fingerprint density at radius 3 is 2.80 bits per heavy atom. The highest BCUT2D eigenvalue weighted by atomic mass is 14.9. The molecule has 0 saturated heterocycles. The lowest BCUT2D eigenvalue weighted by Crippen LogP contribution is -2.29. The fourth-order valence-electron chi connectivity index (χ4n) is 1.53. The Morgan fingerprint density at radius 1 is 1.40 bits per heavy atom. The molecule has 0 aliphatic carbocycles. The van der Waals surface area contributed by atoms with Gasteiger partial charge < -0.3 is 5.32 Å². The minimum atomic E-state index is 0.472. The Labute approximate surface area is 92.3 Å². The first kappa shape index (κ1) is 12.1. The maximum atomic E-state index is 4.52. The van der Waals surface area contributed by atoms with E-state index in [1.165, 1.54) is 6.42 Å². The van der Waals surface area contributed by atoms with Gasteiger partial charge in [0, 0.05) is 18.7 Å². The SMILES string of the molecule is CCCNC(C)Cc1nc(C)cnc1C. The molecule has 0 spiro atoms. The van der Waals surface area contributed by atoms with Crippen molar-refractivity contribution >= 4 is 0 Å². The molecule has 0 aliphatic rings. The summed E-state index contributed by atoms with van der Waals surface area (Å²) in [6.07, 6.45) is 3.95. The maximum absolute atomic E-state index is 4.52. The average Bonchev–Trinajstić information content (AvgIpc) is 2.20. The lowest BCUT2D eigenvalue weighted by atomic mass is 10.1. The fourth-order valence-corrected chi connectivity index (χ4v) is 1.53. The molecule has 1 heterocycles. The van der Waals surface area contributed by atoms with E-state index in [1.807, 2.05) is 20.0 Å². The second-order valence-electron chi connectivity index (χ2n) is 4.10. The molecule has 84 valence electrons. The first-order chi connectivity index (χ1) is 7.13. The molecular formula is C12H21N3. The zero-order chi connectivity index (χ0) is 11.3. The van der Waals surface area contributed by atoms with Gasteiger partial charge in [0.15, 0.2) is 0 Å². The lowest BCUT2D eigenvalue weighted by Gasteiger charge is -2.13. The third kappa shape index (κ3) is 3.96. The third-order valence-electron chi connectivity index (χ3n) is 2.42. The quantitative estimate of drug-likeness (QED) is 0.802. The molecule has 1 rings (SSSR count). The normalized spacial score (nSPS) is 12.8. The first-order valence-electron chi connectivity index (χ1n) is 5.66. The summed E-state index contributed by atoms with van der Waals surface area (Å²) in [5, 5.41) is 3.46. The molecule has 0 radical (unpaired) electrons. The van der Waals surface area contributed by atoms with E-state index >= 15 is 0 Å². The van der Waals surface area contributed by atoms with Gasteiger partial charge in [0.05, 0.1) is 17.1 Å². The topological polar surface area (TPSA) is 37.8 Å². The molecule has 0 saturated carbocycles. The van der Waals surface area contributed by atoms with E-state index in [1.54, 1.807) is 0 Å². The lowest BCUT2D eigenvalue weighted by molar-refractivity contribution is 0.536. The summed E-state index contributed by atoms with van der Waals surface area (Å²) in [6, 6.07) is 0.472. The Balaban J connectivity index is 2.59. The largest absolute Gasteiger partial charge is 0.314 e. The van der Waals surface area contributed by atoms with Crippen molar-refractivity contribution in [3.63, 3.8) is 0 Å². The van der Waals surface area contributed by atoms with Gasteiger partial charge in [-0.25, -0.2) is 0 Å². The van der Waals surface area contributed by atoms with Gasteiger partial charge in [0.2, 0.25) is 0 Å². The van der Waals surface area contributed by atoms with Crippen molar-refractivity contribution in [2.45, 2.75) is 46.6 Å². The fraction of sp³-hybridized carbons (Fsp3) is 0.667. The van der Waals surface area contributed by atoms with E-state index in [-0.39, 0.29) is 0 Å². The number of rotatable bonds is 5. The highest BCUT2D eigenvalue weighted by molar-refractivity contribution is 5.13. The van der Waals surface area contributed by atoms with Crippen LogP contribution in [0, 0.1) is 13.8 Å². The Bertz CT molecular complexity index is 310. The van der Waals surface area contributed by atoms with Crippen molar-refractivity contribution in [3.8, 4) is 0 Å². The van der Waals surface area contributed by atoms with Gasteiger partial charge in [-0.2, -0.15) is 0 Å². The summed E-state index contributed by atoms with van der Waals surface area (Å²) in [5.41, 5.74) is 3.16. The number of hydrogen-bond donors (Lipinski definition) is 1. The number of hydrogen-bond acceptors (Lipinski definition) is 3. The molecule has 3 nitrogen and oxygen atoms in total. The van der Waals surface area contributed by atoms with Crippen LogP contribution in [0.25, 0.3) is 0 Å². The third-order valence-corrected chi connectivity index (χ3v) is 2.42. The van der Waals surface area contributed by atoms with Crippen LogP contribution in [-0.4, -0.2) is 22.6 Å². The molecule has 3 heteroatoms. The van der Waals surface area contributed by atoms with Gasteiger partial charge in [-0.3, -0.25) is 9.97 Å². The second-order valence-corrected chi connectivity index (χ2v) is 4.10. The number of aryl methyl sites for hydroxylation is 2.